The molecule has 1 atom stereocenters. The molecule has 0 N–H and O–H groups in total. The van der Waals surface area contributed by atoms with Gasteiger partial charge in [-0.15, -0.1) is 0 Å². The first-order valence-corrected chi connectivity index (χ1v) is 8.05. The maximum absolute atomic E-state index is 12.6. The van der Waals surface area contributed by atoms with Crippen molar-refractivity contribution in [2.24, 2.45) is 0 Å². The van der Waals surface area contributed by atoms with Crippen LogP contribution in [-0.4, -0.2) is 16.0 Å². The molecular weight excluding hydrogens is 334 g/mol. The molecule has 20 heavy (non-hydrogen) atoms. The number of thioether (sulfide) groups is 1. The van der Waals surface area contributed by atoms with Gasteiger partial charge in [-0.05, 0) is 60.5 Å². The minimum atomic E-state index is -0.165. The average molecular weight is 350 g/mol. The first-order chi connectivity index (χ1) is 9.49. The van der Waals surface area contributed by atoms with E-state index in [0.29, 0.717) is 0 Å². The molecule has 1 unspecified atom stereocenters. The molecule has 1 aromatic carbocycles. The van der Waals surface area contributed by atoms with Crippen molar-refractivity contribution in [1.82, 2.24) is 4.98 Å². The molecule has 0 spiro atoms. The lowest BCUT2D eigenvalue weighted by Gasteiger charge is -2.13. The van der Waals surface area contributed by atoms with Crippen molar-refractivity contribution in [3.05, 3.63) is 57.7 Å². The Labute approximate surface area is 132 Å². The van der Waals surface area contributed by atoms with Crippen LogP contribution >= 0.6 is 27.7 Å². The number of carbonyl (C=O) groups excluding carboxylic acids is 1. The van der Waals surface area contributed by atoms with E-state index in [2.05, 4.69) is 20.9 Å². The third kappa shape index (κ3) is 3.49. The number of hydrogen-bond donors (Lipinski definition) is 0. The quantitative estimate of drug-likeness (QED) is 0.585. The lowest BCUT2D eigenvalue weighted by Crippen LogP contribution is -2.15. The zero-order valence-corrected chi connectivity index (χ0v) is 14.1. The first-order valence-electron chi connectivity index (χ1n) is 6.37. The SMILES string of the molecule is Cc1ccc(C)c(C(=O)C(C)Sc2ncccc2Br)c1. The van der Waals surface area contributed by atoms with Crippen molar-refractivity contribution in [1.29, 1.82) is 0 Å². The number of halogens is 1. The topological polar surface area (TPSA) is 30.0 Å². The summed E-state index contributed by atoms with van der Waals surface area (Å²) in [6.45, 7) is 5.90. The molecule has 0 bridgehead atoms. The fraction of sp³-hybridized carbons (Fsp3) is 0.250. The zero-order chi connectivity index (χ0) is 14.7. The van der Waals surface area contributed by atoms with Crippen LogP contribution in [0.2, 0.25) is 0 Å². The van der Waals surface area contributed by atoms with Gasteiger partial charge in [-0.3, -0.25) is 4.79 Å². The summed E-state index contributed by atoms with van der Waals surface area (Å²) >= 11 is 4.94. The number of aryl methyl sites for hydroxylation is 2. The van der Waals surface area contributed by atoms with E-state index in [-0.39, 0.29) is 11.0 Å². The molecule has 104 valence electrons. The fourth-order valence-corrected chi connectivity index (χ4v) is 3.31. The molecular formula is C16H16BrNOS. The third-order valence-corrected chi connectivity index (χ3v) is 5.06. The third-order valence-electron chi connectivity index (χ3n) is 3.04. The van der Waals surface area contributed by atoms with Crippen LogP contribution in [0, 0.1) is 13.8 Å². The summed E-state index contributed by atoms with van der Waals surface area (Å²) in [4.78, 5) is 16.9. The Morgan fingerprint density at radius 2 is 2.05 bits per heavy atom. The number of nitrogens with zero attached hydrogens (tertiary/aromatic N) is 1. The minimum Gasteiger partial charge on any atom is -0.293 e. The molecule has 0 aliphatic heterocycles. The van der Waals surface area contributed by atoms with Gasteiger partial charge in [0.25, 0.3) is 0 Å². The van der Waals surface area contributed by atoms with Crippen LogP contribution in [0.25, 0.3) is 0 Å². The second-order valence-corrected chi connectivity index (χ2v) is 6.92. The summed E-state index contributed by atoms with van der Waals surface area (Å²) in [7, 11) is 0. The molecule has 1 heterocycles. The van der Waals surface area contributed by atoms with Gasteiger partial charge in [-0.2, -0.15) is 0 Å². The van der Waals surface area contributed by atoms with Crippen molar-refractivity contribution < 1.29 is 4.79 Å². The maximum Gasteiger partial charge on any atom is 0.176 e. The van der Waals surface area contributed by atoms with E-state index >= 15 is 0 Å². The number of Topliss-reactive ketones (excluding diaryl/α,β-unsaturated/α-hetero) is 1. The lowest BCUT2D eigenvalue weighted by atomic mass is 10.0. The molecule has 0 saturated carbocycles. The summed E-state index contributed by atoms with van der Waals surface area (Å²) < 4.78 is 0.922. The van der Waals surface area contributed by atoms with Gasteiger partial charge in [-0.1, -0.05) is 29.5 Å². The summed E-state index contributed by atoms with van der Waals surface area (Å²) in [6.07, 6.45) is 1.74. The van der Waals surface area contributed by atoms with Gasteiger partial charge in [0.15, 0.2) is 5.78 Å². The summed E-state index contributed by atoms with van der Waals surface area (Å²) in [5, 5.41) is 0.681. The highest BCUT2D eigenvalue weighted by atomic mass is 79.9. The summed E-state index contributed by atoms with van der Waals surface area (Å²) in [5.74, 6) is 0.147. The van der Waals surface area contributed by atoms with E-state index in [1.54, 1.807) is 6.20 Å². The number of pyridine rings is 1. The highest BCUT2D eigenvalue weighted by molar-refractivity contribution is 9.10. The fourth-order valence-electron chi connectivity index (χ4n) is 1.90. The molecule has 0 radical (unpaired) electrons. The predicted molar refractivity (Wildman–Crippen MR) is 87.5 cm³/mol. The smallest absolute Gasteiger partial charge is 0.176 e. The molecule has 1 aromatic heterocycles. The molecule has 0 amide bonds. The van der Waals surface area contributed by atoms with Gasteiger partial charge in [0.1, 0.15) is 5.03 Å². The number of ketones is 1. The summed E-state index contributed by atoms with van der Waals surface area (Å²) in [5.41, 5.74) is 2.93. The Hall–Kier alpha value is -1.13. The molecule has 2 nitrogen and oxygen atoms in total. The van der Waals surface area contributed by atoms with Crippen molar-refractivity contribution in [3.63, 3.8) is 0 Å². The van der Waals surface area contributed by atoms with Crippen LogP contribution in [0.15, 0.2) is 46.0 Å². The van der Waals surface area contributed by atoms with Gasteiger partial charge < -0.3 is 0 Å². The summed E-state index contributed by atoms with van der Waals surface area (Å²) in [6, 6.07) is 9.79. The van der Waals surface area contributed by atoms with E-state index in [1.165, 1.54) is 11.8 Å². The number of hydrogen-bond acceptors (Lipinski definition) is 3. The molecule has 4 heteroatoms. The van der Waals surface area contributed by atoms with Gasteiger partial charge >= 0.3 is 0 Å². The highest BCUT2D eigenvalue weighted by Gasteiger charge is 2.19. The monoisotopic (exact) mass is 349 g/mol. The first kappa shape index (κ1) is 15.3. The van der Waals surface area contributed by atoms with Crippen molar-refractivity contribution in [3.8, 4) is 0 Å². The van der Waals surface area contributed by atoms with Gasteiger partial charge in [0.05, 0.1) is 5.25 Å². The van der Waals surface area contributed by atoms with Crippen molar-refractivity contribution in [2.75, 3.05) is 0 Å². The van der Waals surface area contributed by atoms with E-state index in [4.69, 9.17) is 0 Å². The molecule has 0 aliphatic carbocycles. The highest BCUT2D eigenvalue weighted by Crippen LogP contribution is 2.30. The lowest BCUT2D eigenvalue weighted by molar-refractivity contribution is 0.0993. The zero-order valence-electron chi connectivity index (χ0n) is 11.7. The van der Waals surface area contributed by atoms with Gasteiger partial charge in [-0.25, -0.2) is 4.98 Å². The van der Waals surface area contributed by atoms with Gasteiger partial charge in [0.2, 0.25) is 0 Å². The number of carbonyl (C=O) groups is 1. The normalized spacial score (nSPS) is 12.2. The van der Waals surface area contributed by atoms with Gasteiger partial charge in [0, 0.05) is 16.2 Å². The van der Waals surface area contributed by atoms with E-state index in [0.717, 1.165) is 26.2 Å². The standard InChI is InChI=1S/C16H16BrNOS/c1-10-6-7-11(2)13(9-10)15(19)12(3)20-16-14(17)5-4-8-18-16/h4-9,12H,1-3H3. The molecule has 2 aromatic rings. The second kappa shape index (κ2) is 6.55. The van der Waals surface area contributed by atoms with E-state index in [1.807, 2.05) is 51.1 Å². The minimum absolute atomic E-state index is 0.147. The van der Waals surface area contributed by atoms with Crippen molar-refractivity contribution in [2.45, 2.75) is 31.0 Å². The Morgan fingerprint density at radius 1 is 1.30 bits per heavy atom. The van der Waals surface area contributed by atoms with Crippen LogP contribution in [-0.2, 0) is 0 Å². The average Bonchev–Trinajstić information content (AvgIpc) is 2.43. The Kier molecular flexibility index (Phi) is 5.00. The van der Waals surface area contributed by atoms with E-state index < -0.39 is 0 Å². The Bertz CT molecular complexity index is 642. The molecule has 0 saturated heterocycles. The Balaban J connectivity index is 2.21. The molecule has 0 aliphatic rings. The van der Waals surface area contributed by atoms with Crippen LogP contribution < -0.4 is 0 Å². The van der Waals surface area contributed by atoms with Crippen LogP contribution in [0.5, 0.6) is 0 Å². The second-order valence-electron chi connectivity index (χ2n) is 4.73. The van der Waals surface area contributed by atoms with Crippen LogP contribution in [0.3, 0.4) is 0 Å². The maximum atomic E-state index is 12.6. The van der Waals surface area contributed by atoms with Crippen LogP contribution in [0.4, 0.5) is 0 Å². The number of aromatic nitrogens is 1. The largest absolute Gasteiger partial charge is 0.293 e. The number of benzene rings is 1. The molecule has 2 rings (SSSR count). The molecule has 0 fully saturated rings. The van der Waals surface area contributed by atoms with E-state index in [9.17, 15) is 4.79 Å². The number of rotatable bonds is 4. The predicted octanol–water partition coefficient (Wildman–Crippen LogP) is 4.82. The van der Waals surface area contributed by atoms with Crippen LogP contribution in [0.1, 0.15) is 28.4 Å². The Morgan fingerprint density at radius 3 is 2.75 bits per heavy atom. The van der Waals surface area contributed by atoms with Crippen molar-refractivity contribution >= 4 is 33.5 Å².